The van der Waals surface area contributed by atoms with Crippen LogP contribution in [0, 0.1) is 12.8 Å². The molecule has 5 nitrogen and oxygen atoms in total. The Hall–Kier alpha value is -2.64. The number of aromatic nitrogens is 4. The number of fused-ring (bicyclic) bond motifs is 2. The van der Waals surface area contributed by atoms with Crippen molar-refractivity contribution in [2.24, 2.45) is 5.92 Å². The Morgan fingerprint density at radius 3 is 2.50 bits per heavy atom. The van der Waals surface area contributed by atoms with Crippen LogP contribution in [0.4, 0.5) is 19.0 Å². The molecule has 1 aromatic carbocycles. The van der Waals surface area contributed by atoms with E-state index in [0.29, 0.717) is 24.0 Å². The molecule has 2 aromatic heterocycles. The standard InChI is InChI=1S/C18H18F3N5/c1-11-8-15(26-17(23-11)24-16(25-26)18(19,20)21)22-7-6-12-9-13-4-2-3-5-14(13)10-12/h2-5,8,12,22H,6-7,9-10H2,1H3. The summed E-state index contributed by atoms with van der Waals surface area (Å²) in [5, 5.41) is 6.76. The Labute approximate surface area is 148 Å². The fourth-order valence-electron chi connectivity index (χ4n) is 3.49. The minimum absolute atomic E-state index is 0.0481. The van der Waals surface area contributed by atoms with Gasteiger partial charge in [-0.15, -0.1) is 5.10 Å². The summed E-state index contributed by atoms with van der Waals surface area (Å²) in [4.78, 5) is 7.53. The summed E-state index contributed by atoms with van der Waals surface area (Å²) in [5.41, 5.74) is 3.38. The van der Waals surface area contributed by atoms with E-state index in [1.165, 1.54) is 11.1 Å². The van der Waals surface area contributed by atoms with Gasteiger partial charge in [-0.25, -0.2) is 4.98 Å². The quantitative estimate of drug-likeness (QED) is 0.770. The molecule has 0 unspecified atom stereocenters. The highest BCUT2D eigenvalue weighted by molar-refractivity contribution is 5.45. The molecule has 0 atom stereocenters. The van der Waals surface area contributed by atoms with Crippen LogP contribution in [-0.4, -0.2) is 26.1 Å². The number of halogens is 3. The van der Waals surface area contributed by atoms with Crippen LogP contribution in [0.25, 0.3) is 5.78 Å². The summed E-state index contributed by atoms with van der Waals surface area (Å²) in [6.07, 6.45) is -1.57. The van der Waals surface area contributed by atoms with Gasteiger partial charge in [0, 0.05) is 18.3 Å². The van der Waals surface area contributed by atoms with Crippen molar-refractivity contribution in [3.63, 3.8) is 0 Å². The highest BCUT2D eigenvalue weighted by Crippen LogP contribution is 2.29. The van der Waals surface area contributed by atoms with Crippen molar-refractivity contribution >= 4 is 11.6 Å². The van der Waals surface area contributed by atoms with Crippen LogP contribution < -0.4 is 5.32 Å². The third kappa shape index (κ3) is 3.23. The number of hydrogen-bond donors (Lipinski definition) is 1. The van der Waals surface area contributed by atoms with Crippen LogP contribution >= 0.6 is 0 Å². The van der Waals surface area contributed by atoms with Crippen molar-refractivity contribution in [1.82, 2.24) is 19.6 Å². The average Bonchev–Trinajstić information content (AvgIpc) is 3.17. The zero-order valence-electron chi connectivity index (χ0n) is 14.2. The number of nitrogens with zero attached hydrogens (tertiary/aromatic N) is 4. The Morgan fingerprint density at radius 2 is 1.85 bits per heavy atom. The topological polar surface area (TPSA) is 55.1 Å². The molecule has 1 N–H and O–H groups in total. The number of rotatable bonds is 4. The summed E-state index contributed by atoms with van der Waals surface area (Å²) >= 11 is 0. The average molecular weight is 361 g/mol. The van der Waals surface area contributed by atoms with Crippen LogP contribution in [0.2, 0.25) is 0 Å². The lowest BCUT2D eigenvalue weighted by atomic mass is 10.0. The van der Waals surface area contributed by atoms with E-state index in [9.17, 15) is 13.2 Å². The molecular weight excluding hydrogens is 343 g/mol. The monoisotopic (exact) mass is 361 g/mol. The first-order valence-electron chi connectivity index (χ1n) is 8.52. The van der Waals surface area contributed by atoms with E-state index >= 15 is 0 Å². The van der Waals surface area contributed by atoms with E-state index < -0.39 is 12.0 Å². The van der Waals surface area contributed by atoms with E-state index in [4.69, 9.17) is 0 Å². The van der Waals surface area contributed by atoms with Gasteiger partial charge in [-0.3, -0.25) is 0 Å². The largest absolute Gasteiger partial charge is 0.453 e. The lowest BCUT2D eigenvalue weighted by Crippen LogP contribution is -2.13. The molecule has 0 amide bonds. The van der Waals surface area contributed by atoms with E-state index in [0.717, 1.165) is 23.8 Å². The van der Waals surface area contributed by atoms with Gasteiger partial charge in [0.1, 0.15) is 5.82 Å². The molecule has 0 saturated heterocycles. The predicted molar refractivity (Wildman–Crippen MR) is 91.0 cm³/mol. The van der Waals surface area contributed by atoms with Crippen molar-refractivity contribution in [3.8, 4) is 0 Å². The lowest BCUT2D eigenvalue weighted by Gasteiger charge is -2.12. The Kier molecular flexibility index (Phi) is 4.05. The van der Waals surface area contributed by atoms with Gasteiger partial charge in [0.15, 0.2) is 0 Å². The van der Waals surface area contributed by atoms with Crippen molar-refractivity contribution in [1.29, 1.82) is 0 Å². The van der Waals surface area contributed by atoms with Crippen molar-refractivity contribution in [2.45, 2.75) is 32.4 Å². The second-order valence-corrected chi connectivity index (χ2v) is 6.69. The SMILES string of the molecule is Cc1cc(NCCC2Cc3ccccc3C2)n2nc(C(F)(F)F)nc2n1. The third-order valence-electron chi connectivity index (χ3n) is 4.69. The van der Waals surface area contributed by atoms with Crippen molar-refractivity contribution < 1.29 is 13.2 Å². The van der Waals surface area contributed by atoms with Gasteiger partial charge in [0.2, 0.25) is 0 Å². The van der Waals surface area contributed by atoms with Crippen LogP contribution in [-0.2, 0) is 19.0 Å². The number of nitrogens with one attached hydrogen (secondary N) is 1. The highest BCUT2D eigenvalue weighted by Gasteiger charge is 2.36. The third-order valence-corrected chi connectivity index (χ3v) is 4.69. The van der Waals surface area contributed by atoms with E-state index in [2.05, 4.69) is 44.6 Å². The second-order valence-electron chi connectivity index (χ2n) is 6.69. The van der Waals surface area contributed by atoms with Crippen LogP contribution in [0.1, 0.15) is 29.1 Å². The predicted octanol–water partition coefficient (Wildman–Crippen LogP) is 3.67. The molecule has 0 radical (unpaired) electrons. The molecule has 3 aromatic rings. The number of anilines is 1. The smallest absolute Gasteiger partial charge is 0.370 e. The van der Waals surface area contributed by atoms with Crippen molar-refractivity contribution in [3.05, 3.63) is 53.0 Å². The summed E-state index contributed by atoms with van der Waals surface area (Å²) in [6, 6.07) is 10.1. The fourth-order valence-corrected chi connectivity index (χ4v) is 3.49. The molecule has 0 aliphatic heterocycles. The molecule has 1 aliphatic rings. The van der Waals surface area contributed by atoms with Gasteiger partial charge in [0.05, 0.1) is 0 Å². The Bertz CT molecular complexity index is 923. The molecule has 136 valence electrons. The van der Waals surface area contributed by atoms with E-state index in [-0.39, 0.29) is 5.78 Å². The minimum atomic E-state index is -4.59. The molecule has 0 spiro atoms. The number of alkyl halides is 3. The van der Waals surface area contributed by atoms with Gasteiger partial charge in [-0.1, -0.05) is 24.3 Å². The number of benzene rings is 1. The van der Waals surface area contributed by atoms with Gasteiger partial charge < -0.3 is 5.32 Å². The molecular formula is C18H18F3N5. The van der Waals surface area contributed by atoms with Crippen molar-refractivity contribution in [2.75, 3.05) is 11.9 Å². The van der Waals surface area contributed by atoms with Crippen LogP contribution in [0.15, 0.2) is 30.3 Å². The highest BCUT2D eigenvalue weighted by atomic mass is 19.4. The van der Waals surface area contributed by atoms with Gasteiger partial charge in [-0.2, -0.15) is 22.7 Å². The lowest BCUT2D eigenvalue weighted by molar-refractivity contribution is -0.144. The second kappa shape index (κ2) is 6.26. The Balaban J connectivity index is 1.47. The minimum Gasteiger partial charge on any atom is -0.370 e. The molecule has 8 heteroatoms. The summed E-state index contributed by atoms with van der Waals surface area (Å²) in [6.45, 7) is 2.37. The fraction of sp³-hybridized carbons (Fsp3) is 0.389. The van der Waals surface area contributed by atoms with Gasteiger partial charge in [0.25, 0.3) is 11.6 Å². The summed E-state index contributed by atoms with van der Waals surface area (Å²) < 4.78 is 39.7. The summed E-state index contributed by atoms with van der Waals surface area (Å²) in [7, 11) is 0. The maximum Gasteiger partial charge on any atom is 0.453 e. The van der Waals surface area contributed by atoms with E-state index in [1.54, 1.807) is 13.0 Å². The number of hydrogen-bond acceptors (Lipinski definition) is 4. The molecule has 4 rings (SSSR count). The van der Waals surface area contributed by atoms with Gasteiger partial charge >= 0.3 is 6.18 Å². The molecule has 0 fully saturated rings. The molecule has 0 bridgehead atoms. The normalized spacial score (nSPS) is 14.8. The molecule has 2 heterocycles. The van der Waals surface area contributed by atoms with Gasteiger partial charge in [-0.05, 0) is 43.2 Å². The zero-order valence-corrected chi connectivity index (χ0v) is 14.2. The maximum atomic E-state index is 12.9. The van der Waals surface area contributed by atoms with Crippen LogP contribution in [0.3, 0.4) is 0 Å². The summed E-state index contributed by atoms with van der Waals surface area (Å²) in [5.74, 6) is -0.205. The van der Waals surface area contributed by atoms with Crippen LogP contribution in [0.5, 0.6) is 0 Å². The molecule has 26 heavy (non-hydrogen) atoms. The Morgan fingerprint density at radius 1 is 1.15 bits per heavy atom. The first-order chi connectivity index (χ1) is 12.4. The number of aryl methyl sites for hydroxylation is 1. The first-order valence-corrected chi connectivity index (χ1v) is 8.52. The van der Waals surface area contributed by atoms with E-state index in [1.807, 2.05) is 0 Å². The molecule has 1 aliphatic carbocycles. The zero-order chi connectivity index (χ0) is 18.3. The first kappa shape index (κ1) is 16.8. The maximum absolute atomic E-state index is 12.9. The molecule has 0 saturated carbocycles.